The highest BCUT2D eigenvalue weighted by atomic mass is 16.5. The molecule has 100 valence electrons. The SMILES string of the molecule is CCCC(=O)Cc1cc(OCC)cc(OCC)c1. The normalized spacial score (nSPS) is 10.2. The molecule has 0 atom stereocenters. The van der Waals surface area contributed by atoms with Crippen LogP contribution in [0.25, 0.3) is 0 Å². The van der Waals surface area contributed by atoms with Crippen molar-refractivity contribution < 1.29 is 14.3 Å². The molecule has 0 unspecified atom stereocenters. The van der Waals surface area contributed by atoms with Gasteiger partial charge in [0, 0.05) is 18.9 Å². The summed E-state index contributed by atoms with van der Waals surface area (Å²) in [6.45, 7) is 7.11. The molecule has 1 aromatic rings. The second-order valence-electron chi connectivity index (χ2n) is 4.14. The topological polar surface area (TPSA) is 35.5 Å². The number of ketones is 1. The fraction of sp³-hybridized carbons (Fsp3) is 0.533. The Hall–Kier alpha value is -1.51. The van der Waals surface area contributed by atoms with Crippen molar-refractivity contribution in [1.29, 1.82) is 0 Å². The molecule has 0 aliphatic carbocycles. The molecule has 3 nitrogen and oxygen atoms in total. The maximum absolute atomic E-state index is 11.7. The molecular weight excluding hydrogens is 228 g/mol. The average Bonchev–Trinajstić information content (AvgIpc) is 2.29. The van der Waals surface area contributed by atoms with E-state index in [0.29, 0.717) is 26.1 Å². The van der Waals surface area contributed by atoms with Gasteiger partial charge in [-0.15, -0.1) is 0 Å². The minimum Gasteiger partial charge on any atom is -0.494 e. The lowest BCUT2D eigenvalue weighted by molar-refractivity contribution is -0.118. The van der Waals surface area contributed by atoms with Crippen LogP contribution in [0.4, 0.5) is 0 Å². The fourth-order valence-electron chi connectivity index (χ4n) is 1.83. The van der Waals surface area contributed by atoms with Crippen molar-refractivity contribution in [3.8, 4) is 11.5 Å². The number of Topliss-reactive ketones (excluding diaryl/α,β-unsaturated/α-hetero) is 1. The summed E-state index contributed by atoms with van der Waals surface area (Å²) < 4.78 is 11.0. The van der Waals surface area contributed by atoms with Gasteiger partial charge in [0.25, 0.3) is 0 Å². The Morgan fingerprint density at radius 1 is 1.00 bits per heavy atom. The molecule has 0 radical (unpaired) electrons. The van der Waals surface area contributed by atoms with Gasteiger partial charge < -0.3 is 9.47 Å². The van der Waals surface area contributed by atoms with Crippen LogP contribution in [0, 0.1) is 0 Å². The Kier molecular flexibility index (Phi) is 6.26. The van der Waals surface area contributed by atoms with E-state index in [1.807, 2.05) is 39.0 Å². The second kappa shape index (κ2) is 7.75. The number of hydrogen-bond acceptors (Lipinski definition) is 3. The lowest BCUT2D eigenvalue weighted by Gasteiger charge is -2.10. The van der Waals surface area contributed by atoms with E-state index in [1.54, 1.807) is 0 Å². The molecule has 0 aliphatic heterocycles. The van der Waals surface area contributed by atoms with Crippen molar-refractivity contribution in [2.45, 2.75) is 40.0 Å². The van der Waals surface area contributed by atoms with E-state index in [0.717, 1.165) is 23.5 Å². The van der Waals surface area contributed by atoms with Crippen LogP contribution in [0.3, 0.4) is 0 Å². The number of carbonyl (C=O) groups excluding carboxylic acids is 1. The second-order valence-corrected chi connectivity index (χ2v) is 4.14. The Morgan fingerprint density at radius 2 is 1.56 bits per heavy atom. The zero-order valence-corrected chi connectivity index (χ0v) is 11.5. The van der Waals surface area contributed by atoms with Crippen molar-refractivity contribution in [3.63, 3.8) is 0 Å². The molecule has 0 saturated heterocycles. The van der Waals surface area contributed by atoms with Crippen LogP contribution < -0.4 is 9.47 Å². The molecule has 3 heteroatoms. The van der Waals surface area contributed by atoms with Gasteiger partial charge in [0.15, 0.2) is 0 Å². The monoisotopic (exact) mass is 250 g/mol. The Balaban J connectivity index is 2.84. The molecule has 1 aromatic carbocycles. The van der Waals surface area contributed by atoms with Crippen molar-refractivity contribution >= 4 is 5.78 Å². The van der Waals surface area contributed by atoms with E-state index in [4.69, 9.17) is 9.47 Å². The summed E-state index contributed by atoms with van der Waals surface area (Å²) >= 11 is 0. The van der Waals surface area contributed by atoms with E-state index in [9.17, 15) is 4.79 Å². The minimum absolute atomic E-state index is 0.258. The van der Waals surface area contributed by atoms with Crippen LogP contribution in [0.15, 0.2) is 18.2 Å². The van der Waals surface area contributed by atoms with E-state index in [1.165, 1.54) is 0 Å². The summed E-state index contributed by atoms with van der Waals surface area (Å²) in [6, 6.07) is 5.69. The van der Waals surface area contributed by atoms with Crippen LogP contribution in [0.1, 0.15) is 39.2 Å². The molecule has 0 spiro atoms. The number of carbonyl (C=O) groups is 1. The molecule has 0 aliphatic rings. The summed E-state index contributed by atoms with van der Waals surface area (Å²) in [5, 5.41) is 0. The maximum atomic E-state index is 11.7. The number of rotatable bonds is 8. The summed E-state index contributed by atoms with van der Waals surface area (Å²) in [7, 11) is 0. The van der Waals surface area contributed by atoms with Gasteiger partial charge in [-0.25, -0.2) is 0 Å². The summed E-state index contributed by atoms with van der Waals surface area (Å²) in [6.07, 6.45) is 1.97. The van der Waals surface area contributed by atoms with Gasteiger partial charge in [-0.3, -0.25) is 4.79 Å². The molecule has 0 heterocycles. The Morgan fingerprint density at radius 3 is 2.00 bits per heavy atom. The van der Waals surface area contributed by atoms with E-state index in [2.05, 4.69) is 0 Å². The first-order chi connectivity index (χ1) is 8.69. The quantitative estimate of drug-likeness (QED) is 0.709. The lowest BCUT2D eigenvalue weighted by Crippen LogP contribution is -2.03. The highest BCUT2D eigenvalue weighted by molar-refractivity contribution is 5.81. The third-order valence-corrected chi connectivity index (χ3v) is 2.49. The molecule has 0 aromatic heterocycles. The van der Waals surface area contributed by atoms with E-state index < -0.39 is 0 Å². The van der Waals surface area contributed by atoms with Gasteiger partial charge in [-0.2, -0.15) is 0 Å². The Bertz CT molecular complexity index is 361. The first-order valence-corrected chi connectivity index (χ1v) is 6.60. The molecule has 0 bridgehead atoms. The third kappa shape index (κ3) is 4.78. The first-order valence-electron chi connectivity index (χ1n) is 6.60. The smallest absolute Gasteiger partial charge is 0.137 e. The first kappa shape index (κ1) is 14.6. The standard InChI is InChI=1S/C15H22O3/c1-4-7-13(16)8-12-9-14(17-5-2)11-15(10-12)18-6-3/h9-11H,4-8H2,1-3H3. The molecule has 0 N–H and O–H groups in total. The molecule has 0 amide bonds. The minimum atomic E-state index is 0.258. The Labute approximate surface area is 109 Å². The van der Waals surface area contributed by atoms with Gasteiger partial charge in [0.05, 0.1) is 13.2 Å². The van der Waals surface area contributed by atoms with Crippen molar-refractivity contribution in [3.05, 3.63) is 23.8 Å². The third-order valence-electron chi connectivity index (χ3n) is 2.49. The van der Waals surface area contributed by atoms with Crippen LogP contribution >= 0.6 is 0 Å². The molecule has 1 rings (SSSR count). The highest BCUT2D eigenvalue weighted by Gasteiger charge is 2.07. The maximum Gasteiger partial charge on any atom is 0.137 e. The highest BCUT2D eigenvalue weighted by Crippen LogP contribution is 2.24. The van der Waals surface area contributed by atoms with Crippen LogP contribution in [-0.2, 0) is 11.2 Å². The summed E-state index contributed by atoms with van der Waals surface area (Å²) in [5.41, 5.74) is 0.961. The fourth-order valence-corrected chi connectivity index (χ4v) is 1.83. The van der Waals surface area contributed by atoms with Crippen molar-refractivity contribution in [1.82, 2.24) is 0 Å². The van der Waals surface area contributed by atoms with Gasteiger partial charge in [0.1, 0.15) is 17.3 Å². The van der Waals surface area contributed by atoms with Gasteiger partial charge >= 0.3 is 0 Å². The zero-order valence-electron chi connectivity index (χ0n) is 11.5. The van der Waals surface area contributed by atoms with Gasteiger partial charge in [0.2, 0.25) is 0 Å². The van der Waals surface area contributed by atoms with Crippen LogP contribution in [0.5, 0.6) is 11.5 Å². The van der Waals surface area contributed by atoms with E-state index in [-0.39, 0.29) is 5.78 Å². The predicted octanol–water partition coefficient (Wildman–Crippen LogP) is 3.40. The van der Waals surface area contributed by atoms with E-state index >= 15 is 0 Å². The summed E-state index contributed by atoms with van der Waals surface area (Å²) in [5.74, 6) is 1.79. The average molecular weight is 250 g/mol. The number of hydrogen-bond donors (Lipinski definition) is 0. The predicted molar refractivity (Wildman–Crippen MR) is 72.4 cm³/mol. The number of ether oxygens (including phenoxy) is 2. The van der Waals surface area contributed by atoms with Crippen LogP contribution in [-0.4, -0.2) is 19.0 Å². The van der Waals surface area contributed by atoms with Crippen molar-refractivity contribution in [2.75, 3.05) is 13.2 Å². The number of benzene rings is 1. The van der Waals surface area contributed by atoms with Gasteiger partial charge in [-0.1, -0.05) is 6.92 Å². The zero-order chi connectivity index (χ0) is 13.4. The molecule has 0 fully saturated rings. The molecule has 18 heavy (non-hydrogen) atoms. The summed E-state index contributed by atoms with van der Waals surface area (Å²) in [4.78, 5) is 11.7. The van der Waals surface area contributed by atoms with Crippen LogP contribution in [0.2, 0.25) is 0 Å². The van der Waals surface area contributed by atoms with Crippen molar-refractivity contribution in [2.24, 2.45) is 0 Å². The van der Waals surface area contributed by atoms with Gasteiger partial charge in [-0.05, 0) is 38.0 Å². The molecule has 0 saturated carbocycles. The molecular formula is C15H22O3. The lowest BCUT2D eigenvalue weighted by atomic mass is 10.1. The largest absolute Gasteiger partial charge is 0.494 e.